The number of nitrogens with zero attached hydrogens (tertiary/aromatic N) is 3. The Hall–Kier alpha value is -2.82. The van der Waals surface area contributed by atoms with Gasteiger partial charge in [0.05, 0.1) is 30.1 Å². The van der Waals surface area contributed by atoms with E-state index in [1.54, 1.807) is 24.4 Å². The van der Waals surface area contributed by atoms with Crippen molar-refractivity contribution in [1.29, 1.82) is 0 Å². The van der Waals surface area contributed by atoms with Crippen molar-refractivity contribution in [3.05, 3.63) is 77.3 Å². The highest BCUT2D eigenvalue weighted by atomic mass is 16.3. The van der Waals surface area contributed by atoms with Crippen LogP contribution in [0.15, 0.2) is 53.3 Å². The molecule has 1 unspecified atom stereocenters. The van der Waals surface area contributed by atoms with E-state index in [0.29, 0.717) is 12.1 Å². The molecule has 5 nitrogen and oxygen atoms in total. The third-order valence-electron chi connectivity index (χ3n) is 4.71. The van der Waals surface area contributed by atoms with Crippen LogP contribution in [-0.4, -0.2) is 27.4 Å². The molecule has 3 heterocycles. The zero-order chi connectivity index (χ0) is 18.0. The first kappa shape index (κ1) is 17.0. The molecule has 0 radical (unpaired) electrons. The van der Waals surface area contributed by atoms with E-state index in [1.165, 1.54) is 0 Å². The number of hydrogen-bond acceptors (Lipinski definition) is 3. The van der Waals surface area contributed by atoms with Crippen molar-refractivity contribution in [3.8, 4) is 0 Å². The molecule has 25 heavy (non-hydrogen) atoms. The second kappa shape index (κ2) is 6.97. The lowest BCUT2D eigenvalue weighted by Gasteiger charge is -2.23. The summed E-state index contributed by atoms with van der Waals surface area (Å²) < 4.78 is 7.56. The molecule has 0 N–H and O–H groups in total. The van der Waals surface area contributed by atoms with Crippen LogP contribution in [-0.2, 0) is 6.54 Å². The Labute approximate surface area is 147 Å². The summed E-state index contributed by atoms with van der Waals surface area (Å²) in [5, 5.41) is 0. The predicted molar refractivity (Wildman–Crippen MR) is 96.5 cm³/mol. The fourth-order valence-corrected chi connectivity index (χ4v) is 3.00. The van der Waals surface area contributed by atoms with Gasteiger partial charge in [-0.3, -0.25) is 9.78 Å². The zero-order valence-corrected chi connectivity index (χ0v) is 15.1. The second-order valence-corrected chi connectivity index (χ2v) is 6.30. The van der Waals surface area contributed by atoms with Gasteiger partial charge in [-0.2, -0.15) is 0 Å². The highest BCUT2D eigenvalue weighted by Crippen LogP contribution is 2.24. The maximum Gasteiger partial charge on any atom is 0.256 e. The van der Waals surface area contributed by atoms with Crippen molar-refractivity contribution >= 4 is 5.91 Å². The largest absolute Gasteiger partial charge is 0.467 e. The summed E-state index contributed by atoms with van der Waals surface area (Å²) in [6, 6.07) is 11.4. The van der Waals surface area contributed by atoms with Gasteiger partial charge in [-0.25, -0.2) is 0 Å². The first-order valence-electron chi connectivity index (χ1n) is 8.36. The summed E-state index contributed by atoms with van der Waals surface area (Å²) in [5.74, 6) is 0.766. The molecular formula is C20H23N3O2. The maximum absolute atomic E-state index is 13.0. The standard InChI is InChI=1S/C20H23N3O2/c1-14-12-18(15(2)23(14)13-17-8-5-6-10-21-17)20(24)22(4)16(3)19-9-7-11-25-19/h5-12,16H,13H2,1-4H3. The van der Waals surface area contributed by atoms with Crippen LogP contribution < -0.4 is 0 Å². The van der Waals surface area contributed by atoms with Crippen LogP contribution in [0, 0.1) is 13.8 Å². The molecule has 3 rings (SSSR count). The summed E-state index contributed by atoms with van der Waals surface area (Å²) in [6.45, 7) is 6.62. The van der Waals surface area contributed by atoms with Crippen LogP contribution in [0.1, 0.15) is 46.2 Å². The monoisotopic (exact) mass is 337 g/mol. The third-order valence-corrected chi connectivity index (χ3v) is 4.71. The molecule has 3 aromatic rings. The Morgan fingerprint density at radius 2 is 2.08 bits per heavy atom. The first-order valence-corrected chi connectivity index (χ1v) is 8.36. The van der Waals surface area contributed by atoms with Crippen LogP contribution >= 0.6 is 0 Å². The van der Waals surface area contributed by atoms with Gasteiger partial charge < -0.3 is 13.9 Å². The van der Waals surface area contributed by atoms with Crippen LogP contribution in [0.2, 0.25) is 0 Å². The predicted octanol–water partition coefficient (Wildman–Crippen LogP) is 3.97. The SMILES string of the molecule is Cc1cc(C(=O)N(C)C(C)c2ccco2)c(C)n1Cc1ccccn1. The molecule has 0 aliphatic carbocycles. The quantitative estimate of drug-likeness (QED) is 0.708. The molecule has 0 fully saturated rings. The van der Waals surface area contributed by atoms with Gasteiger partial charge in [0.25, 0.3) is 5.91 Å². The van der Waals surface area contributed by atoms with Gasteiger partial charge in [0.15, 0.2) is 0 Å². The van der Waals surface area contributed by atoms with Crippen LogP contribution in [0.5, 0.6) is 0 Å². The number of carbonyl (C=O) groups is 1. The Kier molecular flexibility index (Phi) is 4.74. The molecule has 130 valence electrons. The molecule has 5 heteroatoms. The van der Waals surface area contributed by atoms with Gasteiger partial charge in [-0.05, 0) is 51.1 Å². The summed E-state index contributed by atoms with van der Waals surface area (Å²) in [7, 11) is 1.81. The van der Waals surface area contributed by atoms with Crippen molar-refractivity contribution in [2.75, 3.05) is 7.05 Å². The van der Waals surface area contributed by atoms with Crippen LogP contribution in [0.25, 0.3) is 0 Å². The Morgan fingerprint density at radius 1 is 1.28 bits per heavy atom. The number of rotatable bonds is 5. The average Bonchev–Trinajstić information content (AvgIpc) is 3.25. The topological polar surface area (TPSA) is 51.3 Å². The molecule has 1 amide bonds. The minimum absolute atomic E-state index is 0.00993. The molecule has 0 bridgehead atoms. The van der Waals surface area contributed by atoms with E-state index < -0.39 is 0 Å². The van der Waals surface area contributed by atoms with E-state index in [-0.39, 0.29) is 11.9 Å². The highest BCUT2D eigenvalue weighted by molar-refractivity contribution is 5.95. The Bertz CT molecular complexity index is 851. The Balaban J connectivity index is 1.85. The van der Waals surface area contributed by atoms with E-state index in [4.69, 9.17) is 4.42 Å². The van der Waals surface area contributed by atoms with Crippen LogP contribution in [0.3, 0.4) is 0 Å². The molecule has 3 aromatic heterocycles. The molecule has 0 aliphatic heterocycles. The summed E-state index contributed by atoms with van der Waals surface area (Å²) in [4.78, 5) is 19.1. The summed E-state index contributed by atoms with van der Waals surface area (Å²) in [6.07, 6.45) is 3.41. The van der Waals surface area contributed by atoms with Gasteiger partial charge in [0.1, 0.15) is 5.76 Å². The number of hydrogen-bond donors (Lipinski definition) is 0. The van der Waals surface area contributed by atoms with Crippen molar-refractivity contribution < 1.29 is 9.21 Å². The molecule has 0 spiro atoms. The second-order valence-electron chi connectivity index (χ2n) is 6.30. The van der Waals surface area contributed by atoms with E-state index in [9.17, 15) is 4.79 Å². The van der Waals surface area contributed by atoms with Gasteiger partial charge >= 0.3 is 0 Å². The van der Waals surface area contributed by atoms with E-state index in [1.807, 2.05) is 57.2 Å². The summed E-state index contributed by atoms with van der Waals surface area (Å²) >= 11 is 0. The minimum atomic E-state index is -0.124. The minimum Gasteiger partial charge on any atom is -0.467 e. The smallest absolute Gasteiger partial charge is 0.256 e. The highest BCUT2D eigenvalue weighted by Gasteiger charge is 2.24. The molecule has 0 saturated heterocycles. The molecule has 0 aromatic carbocycles. The van der Waals surface area contributed by atoms with E-state index >= 15 is 0 Å². The number of aromatic nitrogens is 2. The number of pyridine rings is 1. The maximum atomic E-state index is 13.0. The fourth-order valence-electron chi connectivity index (χ4n) is 3.00. The summed E-state index contributed by atoms with van der Waals surface area (Å²) in [5.41, 5.74) is 3.69. The van der Waals surface area contributed by atoms with Crippen molar-refractivity contribution in [1.82, 2.24) is 14.5 Å². The molecule has 0 aliphatic rings. The number of aryl methyl sites for hydroxylation is 1. The average molecular weight is 337 g/mol. The molecule has 1 atom stereocenters. The van der Waals surface area contributed by atoms with Crippen molar-refractivity contribution in [3.63, 3.8) is 0 Å². The number of carbonyl (C=O) groups excluding carboxylic acids is 1. The zero-order valence-electron chi connectivity index (χ0n) is 15.1. The number of furan rings is 1. The lowest BCUT2D eigenvalue weighted by molar-refractivity contribution is 0.0725. The Morgan fingerprint density at radius 3 is 2.72 bits per heavy atom. The third kappa shape index (κ3) is 3.36. The van der Waals surface area contributed by atoms with Gasteiger partial charge in [0.2, 0.25) is 0 Å². The van der Waals surface area contributed by atoms with Gasteiger partial charge in [-0.1, -0.05) is 6.07 Å². The van der Waals surface area contributed by atoms with Gasteiger partial charge in [0, 0.05) is 24.6 Å². The van der Waals surface area contributed by atoms with E-state index in [2.05, 4.69) is 9.55 Å². The first-order chi connectivity index (χ1) is 12.0. The fraction of sp³-hybridized carbons (Fsp3) is 0.300. The van der Waals surface area contributed by atoms with Crippen molar-refractivity contribution in [2.45, 2.75) is 33.4 Å². The number of amides is 1. The lowest BCUT2D eigenvalue weighted by atomic mass is 10.1. The van der Waals surface area contributed by atoms with E-state index in [0.717, 1.165) is 22.8 Å². The lowest BCUT2D eigenvalue weighted by Crippen LogP contribution is -2.29. The molecule has 0 saturated carbocycles. The van der Waals surface area contributed by atoms with Crippen molar-refractivity contribution in [2.24, 2.45) is 0 Å². The van der Waals surface area contributed by atoms with Gasteiger partial charge in [-0.15, -0.1) is 0 Å². The van der Waals surface area contributed by atoms with Crippen LogP contribution in [0.4, 0.5) is 0 Å². The molecular weight excluding hydrogens is 314 g/mol. The normalized spacial score (nSPS) is 12.2.